The molecule has 0 saturated heterocycles. The van der Waals surface area contributed by atoms with Gasteiger partial charge >= 0.3 is 0 Å². The minimum absolute atomic E-state index is 0.422. The average molecular weight is 145 g/mol. The van der Waals surface area contributed by atoms with Crippen molar-refractivity contribution in [3.05, 3.63) is 41.5 Å². The summed E-state index contributed by atoms with van der Waals surface area (Å²) in [5.74, 6) is 0. The Morgan fingerprint density at radius 2 is 2.09 bits per heavy atom. The summed E-state index contributed by atoms with van der Waals surface area (Å²) in [5.41, 5.74) is 2.72. The van der Waals surface area contributed by atoms with Crippen molar-refractivity contribution in [2.75, 3.05) is 7.05 Å². The summed E-state index contributed by atoms with van der Waals surface area (Å²) in [5, 5.41) is 3.23. The average Bonchev–Trinajstić information content (AvgIpc) is 2.47. The van der Waals surface area contributed by atoms with E-state index in [1.807, 2.05) is 7.05 Å². The molecule has 1 heteroatoms. The molecule has 0 heterocycles. The van der Waals surface area contributed by atoms with Crippen LogP contribution in [-0.2, 0) is 0 Å². The molecule has 1 nitrogen and oxygen atoms in total. The van der Waals surface area contributed by atoms with Crippen molar-refractivity contribution in [3.63, 3.8) is 0 Å². The summed E-state index contributed by atoms with van der Waals surface area (Å²) in [7, 11) is 1.98. The standard InChI is InChI=1S/C10H11N/c1-11-10-7-6-8-4-2-3-5-9(8)10/h2-7,10-11H,1H3. The summed E-state index contributed by atoms with van der Waals surface area (Å²) in [4.78, 5) is 0. The number of benzene rings is 1. The van der Waals surface area contributed by atoms with E-state index in [2.05, 4.69) is 41.7 Å². The molecule has 2 rings (SSSR count). The van der Waals surface area contributed by atoms with E-state index in [1.165, 1.54) is 11.1 Å². The Kier molecular flexibility index (Phi) is 1.51. The van der Waals surface area contributed by atoms with Gasteiger partial charge in [-0.3, -0.25) is 0 Å². The zero-order valence-electron chi connectivity index (χ0n) is 6.54. The van der Waals surface area contributed by atoms with Gasteiger partial charge in [0.05, 0.1) is 6.04 Å². The summed E-state index contributed by atoms with van der Waals surface area (Å²) >= 11 is 0. The van der Waals surface area contributed by atoms with Crippen LogP contribution in [0, 0.1) is 0 Å². The maximum absolute atomic E-state index is 3.23. The number of rotatable bonds is 1. The van der Waals surface area contributed by atoms with Gasteiger partial charge in [-0.2, -0.15) is 0 Å². The Morgan fingerprint density at radius 3 is 2.91 bits per heavy atom. The van der Waals surface area contributed by atoms with Gasteiger partial charge in [0.1, 0.15) is 0 Å². The smallest absolute Gasteiger partial charge is 0.0513 e. The van der Waals surface area contributed by atoms with Crippen molar-refractivity contribution >= 4 is 6.08 Å². The molecule has 1 unspecified atom stereocenters. The normalized spacial score (nSPS) is 20.3. The summed E-state index contributed by atoms with van der Waals surface area (Å²) in [6.45, 7) is 0. The van der Waals surface area contributed by atoms with Gasteiger partial charge in [0.15, 0.2) is 0 Å². The third kappa shape index (κ3) is 0.976. The summed E-state index contributed by atoms with van der Waals surface area (Å²) in [6, 6.07) is 8.88. The van der Waals surface area contributed by atoms with Crippen molar-refractivity contribution in [1.82, 2.24) is 5.32 Å². The molecule has 0 radical (unpaired) electrons. The van der Waals surface area contributed by atoms with E-state index >= 15 is 0 Å². The first-order valence-corrected chi connectivity index (χ1v) is 3.86. The lowest BCUT2D eigenvalue weighted by Crippen LogP contribution is -2.11. The zero-order valence-corrected chi connectivity index (χ0v) is 6.54. The van der Waals surface area contributed by atoms with E-state index in [4.69, 9.17) is 0 Å². The molecule has 0 spiro atoms. The molecule has 11 heavy (non-hydrogen) atoms. The predicted molar refractivity (Wildman–Crippen MR) is 47.3 cm³/mol. The first-order chi connectivity index (χ1) is 5.42. The molecule has 0 aliphatic heterocycles. The number of likely N-dealkylation sites (N-methyl/N-ethyl adjacent to an activating group) is 1. The largest absolute Gasteiger partial charge is 0.310 e. The highest BCUT2D eigenvalue weighted by atomic mass is 14.9. The molecule has 0 amide bonds. The van der Waals surface area contributed by atoms with Crippen LogP contribution in [0.25, 0.3) is 6.08 Å². The van der Waals surface area contributed by atoms with Crippen LogP contribution < -0.4 is 5.32 Å². The molecule has 0 aromatic heterocycles. The topological polar surface area (TPSA) is 12.0 Å². The Hall–Kier alpha value is -1.08. The molecule has 0 fully saturated rings. The van der Waals surface area contributed by atoms with Crippen molar-refractivity contribution in [2.24, 2.45) is 0 Å². The molecule has 56 valence electrons. The van der Waals surface area contributed by atoms with Gasteiger partial charge in [-0.15, -0.1) is 0 Å². The Balaban J connectivity index is 2.46. The van der Waals surface area contributed by atoms with E-state index in [0.717, 1.165) is 0 Å². The predicted octanol–water partition coefficient (Wildman–Crippen LogP) is 1.97. The summed E-state index contributed by atoms with van der Waals surface area (Å²) in [6.07, 6.45) is 4.35. The molecule has 1 aliphatic rings. The Morgan fingerprint density at radius 1 is 1.27 bits per heavy atom. The quantitative estimate of drug-likeness (QED) is 0.637. The number of hydrogen-bond donors (Lipinski definition) is 1. The molecule has 1 N–H and O–H groups in total. The SMILES string of the molecule is CNC1C=Cc2ccccc21. The first kappa shape index (κ1) is 6.62. The second kappa shape index (κ2) is 2.51. The van der Waals surface area contributed by atoms with E-state index in [-0.39, 0.29) is 0 Å². The van der Waals surface area contributed by atoms with Crippen LogP contribution in [0.15, 0.2) is 30.3 Å². The minimum atomic E-state index is 0.422. The Bertz CT molecular complexity index is 289. The second-order valence-electron chi connectivity index (χ2n) is 2.75. The van der Waals surface area contributed by atoms with Gasteiger partial charge < -0.3 is 5.32 Å². The molecule has 1 aliphatic carbocycles. The fraction of sp³-hybridized carbons (Fsp3) is 0.200. The maximum atomic E-state index is 3.23. The first-order valence-electron chi connectivity index (χ1n) is 3.86. The highest BCUT2D eigenvalue weighted by molar-refractivity contribution is 5.61. The van der Waals surface area contributed by atoms with Gasteiger partial charge in [-0.1, -0.05) is 36.4 Å². The van der Waals surface area contributed by atoms with Crippen LogP contribution >= 0.6 is 0 Å². The van der Waals surface area contributed by atoms with E-state index in [0.29, 0.717) is 6.04 Å². The maximum Gasteiger partial charge on any atom is 0.0513 e. The van der Waals surface area contributed by atoms with Gasteiger partial charge in [0, 0.05) is 0 Å². The molecule has 0 saturated carbocycles. The van der Waals surface area contributed by atoms with Crippen LogP contribution in [0.5, 0.6) is 0 Å². The molecular formula is C10H11N. The lowest BCUT2D eigenvalue weighted by Gasteiger charge is -2.07. The van der Waals surface area contributed by atoms with Crippen LogP contribution in [0.4, 0.5) is 0 Å². The molecular weight excluding hydrogens is 134 g/mol. The highest BCUT2D eigenvalue weighted by Gasteiger charge is 2.13. The lowest BCUT2D eigenvalue weighted by molar-refractivity contribution is 0.725. The second-order valence-corrected chi connectivity index (χ2v) is 2.75. The highest BCUT2D eigenvalue weighted by Crippen LogP contribution is 2.26. The van der Waals surface area contributed by atoms with Gasteiger partial charge in [-0.05, 0) is 18.2 Å². The van der Waals surface area contributed by atoms with E-state index in [9.17, 15) is 0 Å². The van der Waals surface area contributed by atoms with Crippen molar-refractivity contribution in [2.45, 2.75) is 6.04 Å². The molecule has 1 aromatic rings. The third-order valence-electron chi connectivity index (χ3n) is 2.11. The van der Waals surface area contributed by atoms with Gasteiger partial charge in [-0.25, -0.2) is 0 Å². The van der Waals surface area contributed by atoms with Crippen LogP contribution in [0.3, 0.4) is 0 Å². The monoisotopic (exact) mass is 145 g/mol. The third-order valence-corrected chi connectivity index (χ3v) is 2.11. The number of fused-ring (bicyclic) bond motifs is 1. The fourth-order valence-electron chi connectivity index (χ4n) is 1.50. The van der Waals surface area contributed by atoms with Crippen LogP contribution in [0.1, 0.15) is 17.2 Å². The van der Waals surface area contributed by atoms with E-state index in [1.54, 1.807) is 0 Å². The van der Waals surface area contributed by atoms with Crippen molar-refractivity contribution in [3.8, 4) is 0 Å². The van der Waals surface area contributed by atoms with Gasteiger partial charge in [0.25, 0.3) is 0 Å². The number of hydrogen-bond acceptors (Lipinski definition) is 1. The minimum Gasteiger partial charge on any atom is -0.310 e. The fourth-order valence-corrected chi connectivity index (χ4v) is 1.50. The molecule has 1 aromatic carbocycles. The lowest BCUT2D eigenvalue weighted by atomic mass is 10.1. The van der Waals surface area contributed by atoms with Crippen molar-refractivity contribution < 1.29 is 0 Å². The summed E-state index contributed by atoms with van der Waals surface area (Å²) < 4.78 is 0. The Labute approximate surface area is 66.7 Å². The van der Waals surface area contributed by atoms with Crippen LogP contribution in [0.2, 0.25) is 0 Å². The number of nitrogens with one attached hydrogen (secondary N) is 1. The van der Waals surface area contributed by atoms with Gasteiger partial charge in [0.2, 0.25) is 0 Å². The molecule has 0 bridgehead atoms. The zero-order chi connectivity index (χ0) is 7.68. The van der Waals surface area contributed by atoms with Crippen LogP contribution in [-0.4, -0.2) is 7.05 Å². The van der Waals surface area contributed by atoms with Crippen molar-refractivity contribution in [1.29, 1.82) is 0 Å². The van der Waals surface area contributed by atoms with E-state index < -0.39 is 0 Å². The molecule has 1 atom stereocenters.